The Morgan fingerprint density at radius 3 is 2.37 bits per heavy atom. The summed E-state index contributed by atoms with van der Waals surface area (Å²) in [6.07, 6.45) is 1.74. The number of piperidine rings is 1. The van der Waals surface area contributed by atoms with Crippen molar-refractivity contribution in [3.8, 4) is 0 Å². The van der Waals surface area contributed by atoms with Gasteiger partial charge < -0.3 is 5.32 Å². The van der Waals surface area contributed by atoms with Crippen LogP contribution in [0.3, 0.4) is 0 Å². The highest BCUT2D eigenvalue weighted by molar-refractivity contribution is 6.22. The molecule has 1 atom stereocenters. The Bertz CT molecular complexity index is 965. The van der Waals surface area contributed by atoms with Gasteiger partial charge in [0.05, 0.1) is 18.2 Å². The first-order valence-electron chi connectivity index (χ1n) is 10.5. The third kappa shape index (κ3) is 4.00. The van der Waals surface area contributed by atoms with Gasteiger partial charge in [0.2, 0.25) is 5.91 Å². The maximum atomic E-state index is 13.1. The molecule has 2 aliphatic rings. The Hall–Kier alpha value is -2.99. The molecule has 2 aromatic carbocycles. The van der Waals surface area contributed by atoms with Gasteiger partial charge in [-0.3, -0.25) is 19.3 Å². The summed E-state index contributed by atoms with van der Waals surface area (Å²) in [5.74, 6) is -0.350. The minimum atomic E-state index is -0.413. The number of hydrogen-bond acceptors (Lipinski definition) is 4. The number of carbonyl (C=O) groups excluding carboxylic acids is 3. The number of carbonyl (C=O) groups is 3. The van der Waals surface area contributed by atoms with Crippen molar-refractivity contribution >= 4 is 23.4 Å². The molecule has 0 aromatic heterocycles. The van der Waals surface area contributed by atoms with Gasteiger partial charge in [-0.05, 0) is 50.5 Å². The molecule has 2 heterocycles. The summed E-state index contributed by atoms with van der Waals surface area (Å²) in [4.78, 5) is 41.6. The third-order valence-electron chi connectivity index (χ3n) is 6.06. The summed E-state index contributed by atoms with van der Waals surface area (Å²) in [7, 11) is 0. The lowest BCUT2D eigenvalue weighted by atomic mass is 10.0. The van der Waals surface area contributed by atoms with E-state index in [1.54, 1.807) is 12.1 Å². The van der Waals surface area contributed by atoms with Crippen LogP contribution in [0.25, 0.3) is 0 Å². The molecular formula is C24H27N3O3. The van der Waals surface area contributed by atoms with E-state index in [0.29, 0.717) is 24.3 Å². The van der Waals surface area contributed by atoms with E-state index in [2.05, 4.69) is 10.2 Å². The van der Waals surface area contributed by atoms with Gasteiger partial charge in [0.1, 0.15) is 0 Å². The van der Waals surface area contributed by atoms with E-state index in [4.69, 9.17) is 0 Å². The van der Waals surface area contributed by atoms with E-state index in [1.807, 2.05) is 50.2 Å². The molecule has 3 amide bonds. The fraction of sp³-hybridized carbons (Fsp3) is 0.375. The smallest absolute Gasteiger partial charge is 0.251 e. The zero-order chi connectivity index (χ0) is 21.3. The molecular weight excluding hydrogens is 378 g/mol. The Labute approximate surface area is 176 Å². The number of anilines is 1. The summed E-state index contributed by atoms with van der Waals surface area (Å²) >= 11 is 0. The summed E-state index contributed by atoms with van der Waals surface area (Å²) in [6.45, 7) is 5.29. The average Bonchev–Trinajstić information content (AvgIpc) is 3.03. The highest BCUT2D eigenvalue weighted by Gasteiger charge is 2.43. The summed E-state index contributed by atoms with van der Waals surface area (Å²) in [5.41, 5.74) is 3.37. The standard InChI is InChI=1S/C24H27N3O3/c1-16-8-9-20(17(2)14-16)27-22(28)15-21(24(27)30)26-12-10-19(11-13-26)25-23(29)18-6-4-3-5-7-18/h3-9,14,19,21H,10-13,15H2,1-2H3,(H,25,29)/t21-/m1/s1. The van der Waals surface area contributed by atoms with E-state index in [-0.39, 0.29) is 30.2 Å². The van der Waals surface area contributed by atoms with Crippen LogP contribution in [0, 0.1) is 13.8 Å². The quantitative estimate of drug-likeness (QED) is 0.795. The van der Waals surface area contributed by atoms with Crippen LogP contribution in [0.1, 0.15) is 40.7 Å². The summed E-state index contributed by atoms with van der Waals surface area (Å²) in [5, 5.41) is 3.09. The minimum absolute atomic E-state index is 0.0674. The van der Waals surface area contributed by atoms with E-state index in [1.165, 1.54) is 4.90 Å². The largest absolute Gasteiger partial charge is 0.349 e. The topological polar surface area (TPSA) is 69.7 Å². The maximum absolute atomic E-state index is 13.1. The lowest BCUT2D eigenvalue weighted by Crippen LogP contribution is -2.50. The number of benzene rings is 2. The molecule has 30 heavy (non-hydrogen) atoms. The second-order valence-corrected chi connectivity index (χ2v) is 8.23. The van der Waals surface area contributed by atoms with E-state index in [9.17, 15) is 14.4 Å². The lowest BCUT2D eigenvalue weighted by molar-refractivity contribution is -0.123. The maximum Gasteiger partial charge on any atom is 0.251 e. The molecule has 2 saturated heterocycles. The molecule has 0 saturated carbocycles. The first-order valence-corrected chi connectivity index (χ1v) is 10.5. The molecule has 4 rings (SSSR count). The predicted octanol–water partition coefficient (Wildman–Crippen LogP) is 2.83. The molecule has 2 fully saturated rings. The fourth-order valence-corrected chi connectivity index (χ4v) is 4.42. The minimum Gasteiger partial charge on any atom is -0.349 e. The normalized spacial score (nSPS) is 20.6. The molecule has 0 unspecified atom stereocenters. The van der Waals surface area contributed by atoms with Gasteiger partial charge in [-0.2, -0.15) is 0 Å². The van der Waals surface area contributed by atoms with Crippen molar-refractivity contribution < 1.29 is 14.4 Å². The van der Waals surface area contributed by atoms with Crippen LogP contribution in [-0.4, -0.2) is 47.8 Å². The van der Waals surface area contributed by atoms with E-state index >= 15 is 0 Å². The first kappa shape index (κ1) is 20.3. The van der Waals surface area contributed by atoms with E-state index < -0.39 is 6.04 Å². The molecule has 6 nitrogen and oxygen atoms in total. The Morgan fingerprint density at radius 2 is 1.70 bits per heavy atom. The molecule has 0 spiro atoms. The number of aryl methyl sites for hydroxylation is 2. The number of imide groups is 1. The van der Waals surface area contributed by atoms with Crippen LogP contribution in [0.15, 0.2) is 48.5 Å². The van der Waals surface area contributed by atoms with Crippen molar-refractivity contribution in [2.75, 3.05) is 18.0 Å². The van der Waals surface area contributed by atoms with Crippen LogP contribution in [0.5, 0.6) is 0 Å². The number of nitrogens with one attached hydrogen (secondary N) is 1. The summed E-state index contributed by atoms with van der Waals surface area (Å²) < 4.78 is 0. The van der Waals surface area contributed by atoms with Gasteiger partial charge in [0.15, 0.2) is 0 Å². The molecule has 156 valence electrons. The second kappa shape index (κ2) is 8.40. The predicted molar refractivity (Wildman–Crippen MR) is 115 cm³/mol. The van der Waals surface area contributed by atoms with Gasteiger partial charge in [0.25, 0.3) is 11.8 Å². The SMILES string of the molecule is Cc1ccc(N2C(=O)C[C@@H](N3CCC(NC(=O)c4ccccc4)CC3)C2=O)c(C)c1. The Balaban J connectivity index is 1.37. The number of nitrogens with zero attached hydrogens (tertiary/aromatic N) is 2. The monoisotopic (exact) mass is 405 g/mol. The van der Waals surface area contributed by atoms with Crippen LogP contribution < -0.4 is 10.2 Å². The second-order valence-electron chi connectivity index (χ2n) is 8.23. The van der Waals surface area contributed by atoms with Crippen molar-refractivity contribution in [1.29, 1.82) is 0 Å². The zero-order valence-corrected chi connectivity index (χ0v) is 17.4. The first-order chi connectivity index (χ1) is 14.4. The van der Waals surface area contributed by atoms with E-state index in [0.717, 1.165) is 24.0 Å². The molecule has 2 aliphatic heterocycles. The van der Waals surface area contributed by atoms with Crippen molar-refractivity contribution in [2.45, 2.75) is 45.2 Å². The van der Waals surface area contributed by atoms with Crippen LogP contribution in [-0.2, 0) is 9.59 Å². The van der Waals surface area contributed by atoms with Crippen LogP contribution in [0.2, 0.25) is 0 Å². The average molecular weight is 405 g/mol. The Kier molecular flexibility index (Phi) is 5.68. The van der Waals surface area contributed by atoms with Gasteiger partial charge in [-0.15, -0.1) is 0 Å². The molecule has 6 heteroatoms. The number of likely N-dealkylation sites (tertiary alicyclic amines) is 1. The van der Waals surface area contributed by atoms with Crippen molar-refractivity contribution in [3.63, 3.8) is 0 Å². The van der Waals surface area contributed by atoms with Crippen molar-refractivity contribution in [3.05, 3.63) is 65.2 Å². The lowest BCUT2D eigenvalue weighted by Gasteiger charge is -2.35. The van der Waals surface area contributed by atoms with Crippen LogP contribution in [0.4, 0.5) is 5.69 Å². The third-order valence-corrected chi connectivity index (χ3v) is 6.06. The van der Waals surface area contributed by atoms with Crippen molar-refractivity contribution in [2.24, 2.45) is 0 Å². The van der Waals surface area contributed by atoms with Gasteiger partial charge in [-0.25, -0.2) is 4.90 Å². The number of rotatable bonds is 4. The van der Waals surface area contributed by atoms with Crippen molar-refractivity contribution in [1.82, 2.24) is 10.2 Å². The highest BCUT2D eigenvalue weighted by atomic mass is 16.2. The van der Waals surface area contributed by atoms with Gasteiger partial charge in [0, 0.05) is 24.7 Å². The van der Waals surface area contributed by atoms with Gasteiger partial charge in [-0.1, -0.05) is 35.9 Å². The summed E-state index contributed by atoms with van der Waals surface area (Å²) in [6, 6.07) is 14.6. The number of hydrogen-bond donors (Lipinski definition) is 1. The molecule has 0 bridgehead atoms. The molecule has 2 aromatic rings. The fourth-order valence-electron chi connectivity index (χ4n) is 4.42. The zero-order valence-electron chi connectivity index (χ0n) is 17.4. The number of amides is 3. The highest BCUT2D eigenvalue weighted by Crippen LogP contribution is 2.30. The molecule has 1 N–H and O–H groups in total. The van der Waals surface area contributed by atoms with Gasteiger partial charge >= 0.3 is 0 Å². The molecule has 0 radical (unpaired) electrons. The Morgan fingerprint density at radius 1 is 1.00 bits per heavy atom. The molecule has 0 aliphatic carbocycles. The van der Waals surface area contributed by atoms with Crippen LogP contribution >= 0.6 is 0 Å².